The fraction of sp³-hybridized carbons (Fsp3) is 0.455. The number of aromatic nitrogens is 3. The van der Waals surface area contributed by atoms with Crippen molar-refractivity contribution in [3.8, 4) is 11.6 Å². The van der Waals surface area contributed by atoms with Gasteiger partial charge in [-0.15, -0.1) is 0 Å². The van der Waals surface area contributed by atoms with Crippen molar-refractivity contribution in [1.29, 1.82) is 0 Å². The summed E-state index contributed by atoms with van der Waals surface area (Å²) in [5.41, 5.74) is 0. The van der Waals surface area contributed by atoms with Gasteiger partial charge in [0.05, 0.1) is 0 Å². The average molecular weight is 282 g/mol. The van der Waals surface area contributed by atoms with Gasteiger partial charge in [-0.2, -0.15) is 5.10 Å². The maximum atomic E-state index is 5.42. The van der Waals surface area contributed by atoms with Crippen LogP contribution in [-0.4, -0.2) is 15.2 Å². The van der Waals surface area contributed by atoms with Gasteiger partial charge in [0, 0.05) is 5.92 Å². The van der Waals surface area contributed by atoms with Crippen LogP contribution in [0, 0.1) is 0 Å². The van der Waals surface area contributed by atoms with Gasteiger partial charge in [0.1, 0.15) is 5.82 Å². The molecular formula is C11H12BrN3O. The molecule has 0 unspecified atom stereocenters. The van der Waals surface area contributed by atoms with Crippen LogP contribution in [0.3, 0.4) is 0 Å². The first-order chi connectivity index (χ1) is 7.83. The predicted molar refractivity (Wildman–Crippen MR) is 63.0 cm³/mol. The van der Waals surface area contributed by atoms with Crippen LogP contribution in [-0.2, 0) is 0 Å². The number of halogens is 1. The first kappa shape index (κ1) is 10.1. The van der Waals surface area contributed by atoms with Crippen LogP contribution < -0.4 is 0 Å². The van der Waals surface area contributed by atoms with Crippen molar-refractivity contribution in [2.45, 2.75) is 31.6 Å². The normalized spacial score (nSPS) is 17.1. The zero-order chi connectivity index (χ0) is 11.0. The Morgan fingerprint density at radius 1 is 1.31 bits per heavy atom. The smallest absolute Gasteiger partial charge is 0.216 e. The van der Waals surface area contributed by atoms with E-state index in [1.165, 1.54) is 25.7 Å². The fourth-order valence-electron chi connectivity index (χ4n) is 2.20. The Morgan fingerprint density at radius 2 is 2.12 bits per heavy atom. The first-order valence-corrected chi connectivity index (χ1v) is 6.30. The van der Waals surface area contributed by atoms with Crippen molar-refractivity contribution in [3.63, 3.8) is 0 Å². The van der Waals surface area contributed by atoms with E-state index < -0.39 is 0 Å². The second-order valence-corrected chi connectivity index (χ2v) is 4.91. The molecule has 84 valence electrons. The third kappa shape index (κ3) is 1.80. The minimum absolute atomic E-state index is 0.555. The number of aromatic amines is 1. The molecule has 1 N–H and O–H groups in total. The Bertz CT molecular complexity index is 485. The van der Waals surface area contributed by atoms with Gasteiger partial charge in [-0.3, -0.25) is 5.10 Å². The largest absolute Gasteiger partial charge is 0.446 e. The maximum Gasteiger partial charge on any atom is 0.216 e. The molecule has 2 aromatic rings. The van der Waals surface area contributed by atoms with Gasteiger partial charge in [0.25, 0.3) is 0 Å². The highest BCUT2D eigenvalue weighted by molar-refractivity contribution is 9.10. The Labute approximate surface area is 102 Å². The molecule has 0 saturated heterocycles. The van der Waals surface area contributed by atoms with Gasteiger partial charge in [0.15, 0.2) is 10.4 Å². The van der Waals surface area contributed by atoms with Crippen LogP contribution in [0.4, 0.5) is 0 Å². The molecule has 3 rings (SSSR count). The number of nitrogens with one attached hydrogen (secondary N) is 1. The topological polar surface area (TPSA) is 54.7 Å². The molecule has 0 amide bonds. The number of rotatable bonds is 2. The van der Waals surface area contributed by atoms with Crippen molar-refractivity contribution in [3.05, 3.63) is 22.6 Å². The zero-order valence-corrected chi connectivity index (χ0v) is 10.3. The lowest BCUT2D eigenvalue weighted by atomic mass is 10.1. The quantitative estimate of drug-likeness (QED) is 0.917. The lowest BCUT2D eigenvalue weighted by molar-refractivity contribution is 0.551. The molecule has 0 bridgehead atoms. The van der Waals surface area contributed by atoms with Crippen molar-refractivity contribution < 1.29 is 4.42 Å². The predicted octanol–water partition coefficient (Wildman–Crippen LogP) is 3.48. The van der Waals surface area contributed by atoms with Crippen molar-refractivity contribution in [2.24, 2.45) is 0 Å². The molecule has 4 nitrogen and oxygen atoms in total. The minimum Gasteiger partial charge on any atom is -0.446 e. The van der Waals surface area contributed by atoms with Gasteiger partial charge in [-0.05, 0) is 40.9 Å². The minimum atomic E-state index is 0.555. The summed E-state index contributed by atoms with van der Waals surface area (Å²) in [5.74, 6) is 2.90. The lowest BCUT2D eigenvalue weighted by Gasteiger charge is -2.01. The monoisotopic (exact) mass is 281 g/mol. The van der Waals surface area contributed by atoms with Gasteiger partial charge < -0.3 is 4.42 Å². The van der Waals surface area contributed by atoms with Crippen LogP contribution in [0.25, 0.3) is 11.6 Å². The summed E-state index contributed by atoms with van der Waals surface area (Å²) in [6.07, 6.45) is 5.03. The molecule has 0 spiro atoms. The SMILES string of the molecule is Brc1ccc(-c2n[nH]c(C3CCCC3)n2)o1. The molecule has 0 radical (unpaired) electrons. The third-order valence-electron chi connectivity index (χ3n) is 3.04. The van der Waals surface area contributed by atoms with E-state index in [0.29, 0.717) is 22.2 Å². The summed E-state index contributed by atoms with van der Waals surface area (Å²) in [6, 6.07) is 3.71. The Morgan fingerprint density at radius 3 is 2.81 bits per heavy atom. The van der Waals surface area contributed by atoms with E-state index in [9.17, 15) is 0 Å². The van der Waals surface area contributed by atoms with Crippen LogP contribution in [0.1, 0.15) is 37.4 Å². The molecule has 5 heteroatoms. The highest BCUT2D eigenvalue weighted by Crippen LogP contribution is 2.33. The number of nitrogens with zero attached hydrogens (tertiary/aromatic N) is 2. The number of H-pyrrole nitrogens is 1. The van der Waals surface area contributed by atoms with E-state index in [1.807, 2.05) is 12.1 Å². The van der Waals surface area contributed by atoms with E-state index in [1.54, 1.807) is 0 Å². The first-order valence-electron chi connectivity index (χ1n) is 5.51. The Balaban J connectivity index is 1.87. The molecular weight excluding hydrogens is 270 g/mol. The zero-order valence-electron chi connectivity index (χ0n) is 8.74. The summed E-state index contributed by atoms with van der Waals surface area (Å²) in [5, 5.41) is 7.21. The summed E-state index contributed by atoms with van der Waals surface area (Å²) >= 11 is 3.27. The van der Waals surface area contributed by atoms with Crippen molar-refractivity contribution in [2.75, 3.05) is 0 Å². The van der Waals surface area contributed by atoms with Gasteiger partial charge in [0.2, 0.25) is 5.82 Å². The van der Waals surface area contributed by atoms with E-state index in [4.69, 9.17) is 4.42 Å². The molecule has 1 saturated carbocycles. The van der Waals surface area contributed by atoms with E-state index >= 15 is 0 Å². The third-order valence-corrected chi connectivity index (χ3v) is 3.46. The van der Waals surface area contributed by atoms with Crippen molar-refractivity contribution >= 4 is 15.9 Å². The van der Waals surface area contributed by atoms with Gasteiger partial charge in [-0.1, -0.05) is 12.8 Å². The molecule has 2 heterocycles. The number of furan rings is 1. The average Bonchev–Trinajstić information content (AvgIpc) is 2.97. The summed E-state index contributed by atoms with van der Waals surface area (Å²) < 4.78 is 6.12. The second-order valence-electron chi connectivity index (χ2n) is 4.13. The van der Waals surface area contributed by atoms with E-state index in [0.717, 1.165) is 5.82 Å². The lowest BCUT2D eigenvalue weighted by Crippen LogP contribution is -1.94. The van der Waals surface area contributed by atoms with Crippen LogP contribution in [0.5, 0.6) is 0 Å². The number of hydrogen-bond acceptors (Lipinski definition) is 3. The standard InChI is InChI=1S/C11H12BrN3O/c12-9-6-5-8(16-9)11-13-10(14-15-11)7-3-1-2-4-7/h5-7H,1-4H2,(H,13,14,15). The molecule has 2 aromatic heterocycles. The van der Waals surface area contributed by atoms with Gasteiger partial charge >= 0.3 is 0 Å². The van der Waals surface area contributed by atoms with Gasteiger partial charge in [-0.25, -0.2) is 4.98 Å². The maximum absolute atomic E-state index is 5.42. The fourth-order valence-corrected chi connectivity index (χ4v) is 2.51. The molecule has 1 aliphatic rings. The molecule has 1 fully saturated rings. The summed E-state index contributed by atoms with van der Waals surface area (Å²) in [7, 11) is 0. The molecule has 16 heavy (non-hydrogen) atoms. The second kappa shape index (κ2) is 4.05. The molecule has 1 aliphatic carbocycles. The summed E-state index contributed by atoms with van der Waals surface area (Å²) in [6.45, 7) is 0. The highest BCUT2D eigenvalue weighted by atomic mass is 79.9. The van der Waals surface area contributed by atoms with Crippen LogP contribution in [0.15, 0.2) is 21.2 Å². The Kier molecular flexibility index (Phi) is 2.55. The van der Waals surface area contributed by atoms with E-state index in [-0.39, 0.29) is 0 Å². The van der Waals surface area contributed by atoms with Crippen LogP contribution >= 0.6 is 15.9 Å². The highest BCUT2D eigenvalue weighted by Gasteiger charge is 2.21. The van der Waals surface area contributed by atoms with Crippen molar-refractivity contribution in [1.82, 2.24) is 15.2 Å². The molecule has 0 aliphatic heterocycles. The van der Waals surface area contributed by atoms with E-state index in [2.05, 4.69) is 31.1 Å². The molecule has 0 atom stereocenters. The van der Waals surface area contributed by atoms with Crippen LogP contribution in [0.2, 0.25) is 0 Å². The molecule has 0 aromatic carbocycles. The Hall–Kier alpha value is -1.10. The number of hydrogen-bond donors (Lipinski definition) is 1. The summed E-state index contributed by atoms with van der Waals surface area (Å²) in [4.78, 5) is 4.49.